The summed E-state index contributed by atoms with van der Waals surface area (Å²) in [5.74, 6) is 1.52. The van der Waals surface area contributed by atoms with Crippen LogP contribution in [0.3, 0.4) is 0 Å². The summed E-state index contributed by atoms with van der Waals surface area (Å²) in [7, 11) is 0. The van der Waals surface area contributed by atoms with Crippen molar-refractivity contribution >= 4 is 22.7 Å². The van der Waals surface area contributed by atoms with Crippen LogP contribution in [0, 0.1) is 0 Å². The quantitative estimate of drug-likeness (QED) is 0.761. The lowest BCUT2D eigenvalue weighted by atomic mass is 10.0. The van der Waals surface area contributed by atoms with Gasteiger partial charge in [0, 0.05) is 18.7 Å². The molecule has 1 fully saturated rings. The van der Waals surface area contributed by atoms with Crippen LogP contribution in [0.4, 0.5) is 11.6 Å². The van der Waals surface area contributed by atoms with E-state index in [0.29, 0.717) is 5.82 Å². The summed E-state index contributed by atoms with van der Waals surface area (Å²) >= 11 is 0. The molecule has 1 saturated heterocycles. The predicted molar refractivity (Wildman–Crippen MR) is 89.8 cm³/mol. The highest BCUT2D eigenvalue weighted by molar-refractivity contribution is 6.01. The molecule has 1 aromatic carbocycles. The van der Waals surface area contributed by atoms with E-state index in [0.717, 1.165) is 41.1 Å². The van der Waals surface area contributed by atoms with Gasteiger partial charge in [-0.05, 0) is 30.9 Å². The Hall–Kier alpha value is -2.56. The monoisotopic (exact) mass is 293 g/mol. The van der Waals surface area contributed by atoms with Crippen molar-refractivity contribution in [3.8, 4) is 11.1 Å². The number of pyridine rings is 1. The number of anilines is 2. The summed E-state index contributed by atoms with van der Waals surface area (Å²) in [6.45, 7) is 2.13. The van der Waals surface area contributed by atoms with Gasteiger partial charge in [0.2, 0.25) is 0 Å². The number of fused-ring (bicyclic) bond motifs is 1. The molecule has 0 aliphatic carbocycles. The lowest BCUT2D eigenvalue weighted by molar-refractivity contribution is 0.574. The molecule has 112 valence electrons. The van der Waals surface area contributed by atoms with Crippen LogP contribution in [0.1, 0.15) is 19.3 Å². The number of hydrogen-bond donors (Lipinski definition) is 2. The topological polar surface area (TPSA) is 70.8 Å². The molecule has 1 aliphatic heterocycles. The van der Waals surface area contributed by atoms with E-state index in [9.17, 15) is 0 Å². The maximum absolute atomic E-state index is 6.05. The number of nitrogens with one attached hydrogen (secondary N) is 1. The average Bonchev–Trinajstić information content (AvgIpc) is 2.97. The number of H-pyrrole nitrogens is 1. The zero-order chi connectivity index (χ0) is 14.9. The lowest BCUT2D eigenvalue weighted by Gasteiger charge is -2.28. The summed E-state index contributed by atoms with van der Waals surface area (Å²) in [5, 5.41) is 8.01. The molecule has 5 heteroatoms. The van der Waals surface area contributed by atoms with E-state index in [2.05, 4.69) is 33.3 Å². The number of benzene rings is 1. The van der Waals surface area contributed by atoms with Crippen molar-refractivity contribution in [1.82, 2.24) is 15.2 Å². The highest BCUT2D eigenvalue weighted by Gasteiger charge is 2.18. The van der Waals surface area contributed by atoms with E-state index in [4.69, 9.17) is 10.7 Å². The van der Waals surface area contributed by atoms with Crippen molar-refractivity contribution < 1.29 is 0 Å². The van der Waals surface area contributed by atoms with Gasteiger partial charge in [-0.15, -0.1) is 0 Å². The molecule has 0 unspecified atom stereocenters. The Morgan fingerprint density at radius 3 is 2.59 bits per heavy atom. The minimum Gasteiger partial charge on any atom is -0.382 e. The first-order valence-corrected chi connectivity index (χ1v) is 7.78. The smallest absolute Gasteiger partial charge is 0.160 e. The second-order valence-corrected chi connectivity index (χ2v) is 5.77. The molecule has 0 atom stereocenters. The third kappa shape index (κ3) is 2.19. The first kappa shape index (κ1) is 13.1. The second kappa shape index (κ2) is 5.33. The fourth-order valence-corrected chi connectivity index (χ4v) is 3.17. The van der Waals surface area contributed by atoms with Crippen LogP contribution in [-0.2, 0) is 0 Å². The largest absolute Gasteiger partial charge is 0.382 e. The van der Waals surface area contributed by atoms with Crippen LogP contribution in [0.2, 0.25) is 0 Å². The number of nitrogen functional groups attached to an aromatic ring is 1. The standard InChI is InChI=1S/C17H19N5/c18-16-15-13(12-7-3-1-4-8-12)11-14(19-17(15)21-20-16)22-9-5-2-6-10-22/h1,3-4,7-8,11H,2,5-6,9-10H2,(H3,18,19,20,21). The van der Waals surface area contributed by atoms with Gasteiger partial charge in [-0.3, -0.25) is 5.10 Å². The first-order valence-electron chi connectivity index (χ1n) is 7.78. The Morgan fingerprint density at radius 2 is 1.82 bits per heavy atom. The highest BCUT2D eigenvalue weighted by Crippen LogP contribution is 2.34. The van der Waals surface area contributed by atoms with Crippen LogP contribution in [-0.4, -0.2) is 28.3 Å². The molecule has 0 bridgehead atoms. The Morgan fingerprint density at radius 1 is 1.05 bits per heavy atom. The molecule has 3 N–H and O–H groups in total. The van der Waals surface area contributed by atoms with Gasteiger partial charge in [0.1, 0.15) is 5.82 Å². The Balaban J connectivity index is 1.90. The number of rotatable bonds is 2. The van der Waals surface area contributed by atoms with Crippen molar-refractivity contribution in [3.63, 3.8) is 0 Å². The van der Waals surface area contributed by atoms with Gasteiger partial charge in [-0.1, -0.05) is 30.3 Å². The molecule has 1 aliphatic rings. The first-order chi connectivity index (χ1) is 10.8. The minimum absolute atomic E-state index is 0.506. The number of piperidine rings is 1. The van der Waals surface area contributed by atoms with Gasteiger partial charge >= 0.3 is 0 Å². The summed E-state index contributed by atoms with van der Waals surface area (Å²) in [6.07, 6.45) is 3.76. The Labute approximate surface area is 129 Å². The molecule has 2 aromatic heterocycles. The maximum Gasteiger partial charge on any atom is 0.160 e. The highest BCUT2D eigenvalue weighted by atomic mass is 15.2. The maximum atomic E-state index is 6.05. The molecule has 0 spiro atoms. The summed E-state index contributed by atoms with van der Waals surface area (Å²) in [6, 6.07) is 12.4. The molecule has 3 aromatic rings. The van der Waals surface area contributed by atoms with Crippen LogP contribution < -0.4 is 10.6 Å². The van der Waals surface area contributed by atoms with Crippen molar-refractivity contribution in [1.29, 1.82) is 0 Å². The van der Waals surface area contributed by atoms with E-state index < -0.39 is 0 Å². The van der Waals surface area contributed by atoms with Gasteiger partial charge in [-0.25, -0.2) is 4.98 Å². The van der Waals surface area contributed by atoms with E-state index in [1.165, 1.54) is 19.3 Å². The molecule has 22 heavy (non-hydrogen) atoms. The Bertz CT molecular complexity index is 787. The molecule has 3 heterocycles. The lowest BCUT2D eigenvalue weighted by Crippen LogP contribution is -2.30. The molecular weight excluding hydrogens is 274 g/mol. The zero-order valence-electron chi connectivity index (χ0n) is 12.4. The van der Waals surface area contributed by atoms with Crippen molar-refractivity contribution in [3.05, 3.63) is 36.4 Å². The Kier molecular flexibility index (Phi) is 3.18. The van der Waals surface area contributed by atoms with Crippen LogP contribution in [0.5, 0.6) is 0 Å². The fraction of sp³-hybridized carbons (Fsp3) is 0.294. The van der Waals surface area contributed by atoms with E-state index in [-0.39, 0.29) is 0 Å². The predicted octanol–water partition coefficient (Wildman–Crippen LogP) is 3.20. The third-order valence-corrected chi connectivity index (χ3v) is 4.31. The van der Waals surface area contributed by atoms with Crippen molar-refractivity contribution in [2.24, 2.45) is 0 Å². The van der Waals surface area contributed by atoms with E-state index in [1.54, 1.807) is 0 Å². The molecule has 0 amide bonds. The van der Waals surface area contributed by atoms with Crippen molar-refractivity contribution in [2.75, 3.05) is 23.7 Å². The number of nitrogens with two attached hydrogens (primary N) is 1. The summed E-state index contributed by atoms with van der Waals surface area (Å²) in [5.41, 5.74) is 9.05. The van der Waals surface area contributed by atoms with Crippen LogP contribution in [0.25, 0.3) is 22.2 Å². The molecular formula is C17H19N5. The van der Waals surface area contributed by atoms with Crippen molar-refractivity contribution in [2.45, 2.75) is 19.3 Å². The van der Waals surface area contributed by atoms with E-state index in [1.807, 2.05) is 18.2 Å². The van der Waals surface area contributed by atoms with Gasteiger partial charge < -0.3 is 10.6 Å². The third-order valence-electron chi connectivity index (χ3n) is 4.31. The molecule has 5 nitrogen and oxygen atoms in total. The number of aromatic nitrogens is 3. The number of nitrogens with zero attached hydrogens (tertiary/aromatic N) is 3. The summed E-state index contributed by atoms with van der Waals surface area (Å²) < 4.78 is 0. The molecule has 0 saturated carbocycles. The zero-order valence-corrected chi connectivity index (χ0v) is 12.4. The van der Waals surface area contributed by atoms with Gasteiger partial charge in [0.05, 0.1) is 5.39 Å². The normalized spacial score (nSPS) is 15.4. The van der Waals surface area contributed by atoms with Gasteiger partial charge in [0.25, 0.3) is 0 Å². The van der Waals surface area contributed by atoms with Gasteiger partial charge in [0.15, 0.2) is 11.5 Å². The molecule has 4 rings (SSSR count). The summed E-state index contributed by atoms with van der Waals surface area (Å²) in [4.78, 5) is 7.09. The second-order valence-electron chi connectivity index (χ2n) is 5.77. The average molecular weight is 293 g/mol. The molecule has 0 radical (unpaired) electrons. The minimum atomic E-state index is 0.506. The number of hydrogen-bond acceptors (Lipinski definition) is 4. The SMILES string of the molecule is Nc1n[nH]c2nc(N3CCCCC3)cc(-c3ccccc3)c12. The van der Waals surface area contributed by atoms with E-state index >= 15 is 0 Å². The number of aromatic amines is 1. The van der Waals surface area contributed by atoms with Gasteiger partial charge in [-0.2, -0.15) is 5.10 Å². The van der Waals surface area contributed by atoms with Crippen LogP contribution in [0.15, 0.2) is 36.4 Å². The fourth-order valence-electron chi connectivity index (χ4n) is 3.17. The van der Waals surface area contributed by atoms with Crippen LogP contribution >= 0.6 is 0 Å².